The number of ether oxygens (including phenoxy) is 7. The van der Waals surface area contributed by atoms with E-state index in [-0.39, 0.29) is 39.4 Å². The van der Waals surface area contributed by atoms with Crippen molar-refractivity contribution >= 4 is 11.9 Å². The van der Waals surface area contributed by atoms with E-state index in [1.807, 2.05) is 0 Å². The maximum Gasteiger partial charge on any atom is 0.337 e. The standard InChI is InChI=1S/C48H76O18/c1-43(2)15-17-48(42(58)59)18-16-46(6)22(23(48)19-43)9-10-27-45(5)13-12-28(44(3,4)26(45)11-14-47(27,46)7)63-41-37(66-39-32(54)29(51)24(50)21-61-39)35(34(56)36(65-41)38(57)60-8)64-40-33(55)31(53)30(52)25(20-49)62-40/h9,23-37,39-41,49-56H,10-21H2,1-8H3,(H,58,59)/t23-,24+,25+,26-,27+,28-,29-,30-,31-,32+,33+,34-,35-,36-,37+,39-,40-,41+,45-,46+,47+,48-/m0/s1. The Labute approximate surface area is 386 Å². The van der Waals surface area contributed by atoms with Crippen LogP contribution in [0.15, 0.2) is 11.6 Å². The second kappa shape index (κ2) is 17.8. The Morgan fingerprint density at radius 2 is 1.38 bits per heavy atom. The summed E-state index contributed by atoms with van der Waals surface area (Å²) in [7, 11) is 1.10. The van der Waals surface area contributed by atoms with E-state index in [1.165, 1.54) is 5.57 Å². The average Bonchev–Trinajstić information content (AvgIpc) is 3.26. The first-order chi connectivity index (χ1) is 30.8. The lowest BCUT2D eigenvalue weighted by atomic mass is 9.33. The van der Waals surface area contributed by atoms with Gasteiger partial charge in [-0.25, -0.2) is 4.79 Å². The van der Waals surface area contributed by atoms with Crippen LogP contribution < -0.4 is 0 Å². The Kier molecular flexibility index (Phi) is 13.6. The quantitative estimate of drug-likeness (QED) is 0.0900. The Bertz CT molecular complexity index is 1840. The van der Waals surface area contributed by atoms with Crippen LogP contribution in [0.4, 0.5) is 0 Å². The van der Waals surface area contributed by atoms with Gasteiger partial charge in [0.2, 0.25) is 0 Å². The Balaban J connectivity index is 1.11. The lowest BCUT2D eigenvalue weighted by Crippen LogP contribution is -2.68. The molecule has 0 radical (unpaired) electrons. The zero-order valence-electron chi connectivity index (χ0n) is 39.7. The summed E-state index contributed by atoms with van der Waals surface area (Å²) in [5.74, 6) is -1.30. The van der Waals surface area contributed by atoms with Crippen LogP contribution in [-0.4, -0.2) is 170 Å². The maximum absolute atomic E-state index is 13.3. The van der Waals surface area contributed by atoms with Gasteiger partial charge in [-0.2, -0.15) is 0 Å². The number of aliphatic hydroxyl groups is 8. The van der Waals surface area contributed by atoms with Gasteiger partial charge in [-0.15, -0.1) is 0 Å². The highest BCUT2D eigenvalue weighted by Crippen LogP contribution is 2.76. The molecule has 0 bridgehead atoms. The highest BCUT2D eigenvalue weighted by molar-refractivity contribution is 5.77. The third kappa shape index (κ3) is 7.83. The highest BCUT2D eigenvalue weighted by atomic mass is 16.8. The minimum Gasteiger partial charge on any atom is -0.481 e. The molecule has 8 rings (SSSR count). The van der Waals surface area contributed by atoms with E-state index in [1.54, 1.807) is 0 Å². The number of fused-ring (bicyclic) bond motifs is 7. The van der Waals surface area contributed by atoms with Crippen molar-refractivity contribution in [3.8, 4) is 0 Å². The maximum atomic E-state index is 13.3. The number of allylic oxidation sites excluding steroid dienone is 2. The van der Waals surface area contributed by atoms with Crippen molar-refractivity contribution in [3.05, 3.63) is 11.6 Å². The molecule has 3 aliphatic heterocycles. The van der Waals surface area contributed by atoms with Gasteiger partial charge in [-0.05, 0) is 109 Å². The van der Waals surface area contributed by atoms with E-state index < -0.39 is 128 Å². The number of carboxylic acids is 1. The van der Waals surface area contributed by atoms with E-state index in [4.69, 9.17) is 33.2 Å². The normalized spacial score (nSPS) is 52.1. The summed E-state index contributed by atoms with van der Waals surface area (Å²) < 4.78 is 41.9. The van der Waals surface area contributed by atoms with Gasteiger partial charge in [0.15, 0.2) is 25.0 Å². The van der Waals surface area contributed by atoms with E-state index in [9.17, 15) is 55.5 Å². The van der Waals surface area contributed by atoms with Crippen LogP contribution in [0.1, 0.15) is 113 Å². The molecule has 0 unspecified atom stereocenters. The molecule has 0 aromatic carbocycles. The summed E-state index contributed by atoms with van der Waals surface area (Å²) in [4.78, 5) is 26.5. The molecule has 376 valence electrons. The molecule has 18 heteroatoms. The lowest BCUT2D eigenvalue weighted by Gasteiger charge is -2.71. The summed E-state index contributed by atoms with van der Waals surface area (Å²) in [6.45, 7) is 14.9. The average molecular weight is 941 g/mol. The minimum atomic E-state index is -1.93. The molecule has 0 spiro atoms. The predicted octanol–water partition coefficient (Wildman–Crippen LogP) is 1.53. The van der Waals surface area contributed by atoms with Crippen LogP contribution in [0, 0.1) is 50.2 Å². The Morgan fingerprint density at radius 1 is 0.712 bits per heavy atom. The number of rotatable bonds is 9. The van der Waals surface area contributed by atoms with Gasteiger partial charge < -0.3 is 79.1 Å². The molecule has 66 heavy (non-hydrogen) atoms. The summed E-state index contributed by atoms with van der Waals surface area (Å²) in [6, 6.07) is 0. The number of aliphatic carboxylic acids is 1. The molecule has 8 aliphatic rings. The number of carbonyl (C=O) groups excluding carboxylic acids is 1. The zero-order chi connectivity index (χ0) is 48.3. The first-order valence-electron chi connectivity index (χ1n) is 24.1. The monoisotopic (exact) mass is 941 g/mol. The van der Waals surface area contributed by atoms with Gasteiger partial charge in [-0.3, -0.25) is 4.79 Å². The lowest BCUT2D eigenvalue weighted by molar-refractivity contribution is -0.391. The van der Waals surface area contributed by atoms with Crippen LogP contribution >= 0.6 is 0 Å². The van der Waals surface area contributed by atoms with E-state index in [0.717, 1.165) is 52.1 Å². The van der Waals surface area contributed by atoms with Crippen LogP contribution in [0.25, 0.3) is 0 Å². The summed E-state index contributed by atoms with van der Waals surface area (Å²) in [5.41, 5.74) is -0.373. The molecular formula is C48H76O18. The van der Waals surface area contributed by atoms with Gasteiger partial charge in [0.25, 0.3) is 0 Å². The van der Waals surface area contributed by atoms with Crippen molar-refractivity contribution in [2.45, 2.75) is 205 Å². The molecule has 7 fully saturated rings. The summed E-state index contributed by atoms with van der Waals surface area (Å²) >= 11 is 0. The molecule has 3 saturated heterocycles. The number of carbonyl (C=O) groups is 2. The van der Waals surface area contributed by atoms with Crippen LogP contribution in [0.3, 0.4) is 0 Å². The van der Waals surface area contributed by atoms with Crippen LogP contribution in [0.2, 0.25) is 0 Å². The molecule has 0 amide bonds. The second-order valence-electron chi connectivity index (χ2n) is 23.2. The molecule has 22 atom stereocenters. The fourth-order valence-electron chi connectivity index (χ4n) is 14.9. The molecule has 4 saturated carbocycles. The number of hydrogen-bond acceptors (Lipinski definition) is 17. The SMILES string of the molecule is COC(=O)[C@H]1O[C@@H](O[C@H]2CC[C@]3(C)[C@H]4CC=C5[C@@H]6CC(C)(C)CC[C@]6(C(=O)O)CC[C@@]5(C)[C@]4(C)CC[C@H]3C2(C)C)[C@H](O[C@@H]2OC[C@@H](O)[C@H](O)[C@H]2O)[C@@H](O[C@@H]2O[C@H](CO)[C@H](O)[C@H](O)[C@H]2O)[C@@H]1O. The molecule has 3 heterocycles. The summed E-state index contributed by atoms with van der Waals surface area (Å²) in [5, 5.41) is 96.6. The van der Waals surface area contributed by atoms with Crippen molar-refractivity contribution in [1.82, 2.24) is 0 Å². The van der Waals surface area contributed by atoms with Crippen molar-refractivity contribution in [1.29, 1.82) is 0 Å². The third-order valence-electron chi connectivity index (χ3n) is 19.1. The molecule has 5 aliphatic carbocycles. The number of carboxylic acid groups (broad SMARTS) is 1. The van der Waals surface area contributed by atoms with Gasteiger partial charge in [-0.1, -0.05) is 60.1 Å². The van der Waals surface area contributed by atoms with E-state index in [2.05, 4.69) is 54.5 Å². The van der Waals surface area contributed by atoms with Crippen LogP contribution in [-0.2, 0) is 42.7 Å². The Morgan fingerprint density at radius 3 is 2.05 bits per heavy atom. The van der Waals surface area contributed by atoms with E-state index in [0.29, 0.717) is 19.3 Å². The zero-order valence-corrected chi connectivity index (χ0v) is 39.7. The first kappa shape index (κ1) is 50.5. The van der Waals surface area contributed by atoms with Gasteiger partial charge in [0.05, 0.1) is 31.8 Å². The second-order valence-corrected chi connectivity index (χ2v) is 23.2. The molecule has 0 aromatic heterocycles. The van der Waals surface area contributed by atoms with E-state index >= 15 is 0 Å². The van der Waals surface area contributed by atoms with Gasteiger partial charge in [0, 0.05) is 0 Å². The molecule has 9 N–H and O–H groups in total. The van der Waals surface area contributed by atoms with Gasteiger partial charge >= 0.3 is 11.9 Å². The fraction of sp³-hybridized carbons (Fsp3) is 0.917. The highest BCUT2D eigenvalue weighted by Gasteiger charge is 2.70. The van der Waals surface area contributed by atoms with Crippen molar-refractivity contribution in [2.75, 3.05) is 20.3 Å². The fourth-order valence-corrected chi connectivity index (χ4v) is 14.9. The Hall–Kier alpha value is -1.88. The molecular weight excluding hydrogens is 865 g/mol. The summed E-state index contributed by atoms with van der Waals surface area (Å²) in [6.07, 6.45) is -14.3. The van der Waals surface area contributed by atoms with Gasteiger partial charge in [0.1, 0.15) is 61.0 Å². The number of hydrogen-bond donors (Lipinski definition) is 9. The largest absolute Gasteiger partial charge is 0.481 e. The van der Waals surface area contributed by atoms with Crippen molar-refractivity contribution in [3.63, 3.8) is 0 Å². The smallest absolute Gasteiger partial charge is 0.337 e. The molecule has 0 aromatic rings. The van der Waals surface area contributed by atoms with Crippen LogP contribution in [0.5, 0.6) is 0 Å². The van der Waals surface area contributed by atoms with Crippen molar-refractivity contribution in [2.24, 2.45) is 50.2 Å². The molecule has 18 nitrogen and oxygen atoms in total. The minimum absolute atomic E-state index is 0.0126. The number of esters is 1. The number of aliphatic hydroxyl groups excluding tert-OH is 8. The first-order valence-corrected chi connectivity index (χ1v) is 24.1. The predicted molar refractivity (Wildman–Crippen MR) is 230 cm³/mol. The third-order valence-corrected chi connectivity index (χ3v) is 19.1. The topological polar surface area (TPSA) is 281 Å². The number of methoxy groups -OCH3 is 1. The van der Waals surface area contributed by atoms with Crippen molar-refractivity contribution < 1.29 is 88.7 Å².